The molecule has 5 aromatic rings. The number of aromatic nitrogens is 3. The molecule has 0 saturated heterocycles. The number of fused-ring (bicyclic) bond motifs is 6. The number of pyridine rings is 1. The lowest BCUT2D eigenvalue weighted by Gasteiger charge is -2.00. The molecule has 4 nitrogen and oxygen atoms in total. The van der Waals surface area contributed by atoms with E-state index in [1.807, 2.05) is 18.2 Å². The Hall–Kier alpha value is -2.28. The number of nitrogens with zero attached hydrogens (tertiary/aromatic N) is 3. The smallest absolute Gasteiger partial charge is 0.247 e. The molecule has 0 saturated carbocycles. The summed E-state index contributed by atoms with van der Waals surface area (Å²) < 4.78 is 7.10. The Labute approximate surface area is 138 Å². The van der Waals surface area contributed by atoms with Crippen LogP contribution in [0.5, 0.6) is 0 Å². The van der Waals surface area contributed by atoms with Gasteiger partial charge in [0.25, 0.3) is 0 Å². The van der Waals surface area contributed by atoms with Gasteiger partial charge in [-0.1, -0.05) is 12.1 Å². The van der Waals surface area contributed by atoms with Crippen LogP contribution in [0.1, 0.15) is 0 Å². The van der Waals surface area contributed by atoms with Gasteiger partial charge in [0, 0.05) is 9.77 Å². The van der Waals surface area contributed by atoms with E-state index in [0.717, 1.165) is 27.4 Å². The molecule has 0 atom stereocenters. The van der Waals surface area contributed by atoms with Crippen LogP contribution in [0.15, 0.2) is 53.1 Å². The van der Waals surface area contributed by atoms with Crippen molar-refractivity contribution in [2.45, 2.75) is 0 Å². The van der Waals surface area contributed by atoms with Crippen molar-refractivity contribution in [1.29, 1.82) is 0 Å². The number of rotatable bonds is 0. The van der Waals surface area contributed by atoms with Crippen molar-refractivity contribution >= 4 is 66.7 Å². The predicted octanol–water partition coefficient (Wildman–Crippen LogP) is 4.68. The standard InChI is InChI=1S/C17H8IN3O/c18-10-4-5-11-9(8-10)3-6-13-14(11)15-17(22-13)20-12-2-1-7-19-16(12)21-15/h1-8H. The molecule has 0 fully saturated rings. The molecular formula is C17H8IN3O. The first kappa shape index (κ1) is 12.3. The van der Waals surface area contributed by atoms with Gasteiger partial charge in [-0.3, -0.25) is 0 Å². The van der Waals surface area contributed by atoms with Gasteiger partial charge in [0.05, 0.1) is 5.39 Å². The van der Waals surface area contributed by atoms with Gasteiger partial charge in [0.15, 0.2) is 5.65 Å². The van der Waals surface area contributed by atoms with Crippen LogP contribution in [-0.2, 0) is 0 Å². The highest BCUT2D eigenvalue weighted by Crippen LogP contribution is 2.33. The third kappa shape index (κ3) is 1.65. The fourth-order valence-electron chi connectivity index (χ4n) is 2.83. The maximum absolute atomic E-state index is 5.90. The zero-order chi connectivity index (χ0) is 14.7. The molecule has 22 heavy (non-hydrogen) atoms. The molecule has 0 spiro atoms. The van der Waals surface area contributed by atoms with Gasteiger partial charge in [-0.25, -0.2) is 15.0 Å². The molecular weight excluding hydrogens is 389 g/mol. The Morgan fingerprint density at radius 3 is 2.91 bits per heavy atom. The summed E-state index contributed by atoms with van der Waals surface area (Å²) in [6.07, 6.45) is 1.73. The fraction of sp³-hybridized carbons (Fsp3) is 0. The second-order valence-electron chi connectivity index (χ2n) is 5.13. The quantitative estimate of drug-likeness (QED) is 0.356. The summed E-state index contributed by atoms with van der Waals surface area (Å²) in [5.74, 6) is 0. The van der Waals surface area contributed by atoms with Crippen LogP contribution in [0, 0.1) is 3.57 Å². The van der Waals surface area contributed by atoms with E-state index >= 15 is 0 Å². The second kappa shape index (κ2) is 4.36. The fourth-order valence-corrected chi connectivity index (χ4v) is 3.34. The number of furan rings is 1. The van der Waals surface area contributed by atoms with Crippen LogP contribution >= 0.6 is 22.6 Å². The molecule has 3 aromatic heterocycles. The van der Waals surface area contributed by atoms with Crippen molar-refractivity contribution < 1.29 is 4.42 Å². The number of benzene rings is 2. The molecule has 0 amide bonds. The zero-order valence-corrected chi connectivity index (χ0v) is 13.4. The van der Waals surface area contributed by atoms with Crippen LogP contribution in [0.2, 0.25) is 0 Å². The minimum atomic E-state index is 0.557. The molecule has 5 rings (SSSR count). The topological polar surface area (TPSA) is 51.8 Å². The van der Waals surface area contributed by atoms with Crippen molar-refractivity contribution in [3.05, 3.63) is 52.2 Å². The van der Waals surface area contributed by atoms with E-state index in [-0.39, 0.29) is 0 Å². The van der Waals surface area contributed by atoms with E-state index in [1.165, 1.54) is 8.96 Å². The van der Waals surface area contributed by atoms with E-state index in [4.69, 9.17) is 4.42 Å². The van der Waals surface area contributed by atoms with E-state index < -0.39 is 0 Å². The average molecular weight is 397 g/mol. The molecule has 104 valence electrons. The summed E-state index contributed by atoms with van der Waals surface area (Å²) >= 11 is 2.32. The molecule has 5 heteroatoms. The maximum atomic E-state index is 5.90. The van der Waals surface area contributed by atoms with Crippen LogP contribution in [-0.4, -0.2) is 15.0 Å². The van der Waals surface area contributed by atoms with Crippen LogP contribution in [0.3, 0.4) is 0 Å². The lowest BCUT2D eigenvalue weighted by atomic mass is 10.1. The van der Waals surface area contributed by atoms with E-state index in [1.54, 1.807) is 6.20 Å². The summed E-state index contributed by atoms with van der Waals surface area (Å²) in [6, 6.07) is 14.1. The highest BCUT2D eigenvalue weighted by Gasteiger charge is 2.14. The SMILES string of the molecule is Ic1ccc2c(ccc3oc4nc5cccnc5nc4c32)c1. The monoisotopic (exact) mass is 397 g/mol. The second-order valence-corrected chi connectivity index (χ2v) is 6.38. The molecule has 0 aliphatic heterocycles. The van der Waals surface area contributed by atoms with Crippen molar-refractivity contribution in [2.24, 2.45) is 0 Å². The summed E-state index contributed by atoms with van der Waals surface area (Å²) in [6.45, 7) is 0. The molecule has 0 bridgehead atoms. The highest BCUT2D eigenvalue weighted by molar-refractivity contribution is 14.1. The third-order valence-electron chi connectivity index (χ3n) is 3.80. The van der Waals surface area contributed by atoms with Gasteiger partial charge >= 0.3 is 0 Å². The van der Waals surface area contributed by atoms with Gasteiger partial charge in [-0.15, -0.1) is 0 Å². The van der Waals surface area contributed by atoms with Crippen LogP contribution in [0.4, 0.5) is 0 Å². The average Bonchev–Trinajstić information content (AvgIpc) is 2.90. The highest BCUT2D eigenvalue weighted by atomic mass is 127. The predicted molar refractivity (Wildman–Crippen MR) is 94.8 cm³/mol. The van der Waals surface area contributed by atoms with Crippen LogP contribution in [0.25, 0.3) is 44.1 Å². The van der Waals surface area contributed by atoms with Crippen molar-refractivity contribution in [1.82, 2.24) is 15.0 Å². The van der Waals surface area contributed by atoms with Crippen LogP contribution < -0.4 is 0 Å². The Morgan fingerprint density at radius 1 is 1.00 bits per heavy atom. The summed E-state index contributed by atoms with van der Waals surface area (Å²) in [4.78, 5) is 13.5. The summed E-state index contributed by atoms with van der Waals surface area (Å²) in [5, 5.41) is 3.30. The zero-order valence-electron chi connectivity index (χ0n) is 11.2. The maximum Gasteiger partial charge on any atom is 0.247 e. The first-order chi connectivity index (χ1) is 10.8. The number of halogens is 1. The Kier molecular flexibility index (Phi) is 2.43. The van der Waals surface area contributed by atoms with Gasteiger partial charge in [0.1, 0.15) is 16.6 Å². The minimum Gasteiger partial charge on any atom is -0.436 e. The molecule has 0 N–H and O–H groups in total. The summed E-state index contributed by atoms with van der Waals surface area (Å²) in [5.41, 5.74) is 3.52. The van der Waals surface area contributed by atoms with Crippen molar-refractivity contribution in [3.63, 3.8) is 0 Å². The molecule has 3 heterocycles. The minimum absolute atomic E-state index is 0.557. The number of hydrogen-bond acceptors (Lipinski definition) is 4. The van der Waals surface area contributed by atoms with Gasteiger partial charge in [-0.05, 0) is 63.7 Å². The molecule has 0 aliphatic carbocycles. The number of hydrogen-bond donors (Lipinski definition) is 0. The van der Waals surface area contributed by atoms with Gasteiger partial charge in [-0.2, -0.15) is 0 Å². The normalized spacial score (nSPS) is 11.9. The van der Waals surface area contributed by atoms with E-state index in [2.05, 4.69) is 61.8 Å². The molecule has 0 radical (unpaired) electrons. The lowest BCUT2D eigenvalue weighted by molar-refractivity contribution is 0.655. The Balaban J connectivity index is 2.05. The van der Waals surface area contributed by atoms with Crippen molar-refractivity contribution in [3.8, 4) is 0 Å². The largest absolute Gasteiger partial charge is 0.436 e. The lowest BCUT2D eigenvalue weighted by Crippen LogP contribution is -1.87. The van der Waals surface area contributed by atoms with Gasteiger partial charge < -0.3 is 4.42 Å². The summed E-state index contributed by atoms with van der Waals surface area (Å²) in [7, 11) is 0. The molecule has 0 aliphatic rings. The first-order valence-corrected chi connectivity index (χ1v) is 7.91. The van der Waals surface area contributed by atoms with E-state index in [0.29, 0.717) is 11.4 Å². The van der Waals surface area contributed by atoms with E-state index in [9.17, 15) is 0 Å². The Bertz CT molecular complexity index is 1200. The Morgan fingerprint density at radius 2 is 1.95 bits per heavy atom. The van der Waals surface area contributed by atoms with Crippen molar-refractivity contribution in [2.75, 3.05) is 0 Å². The third-order valence-corrected chi connectivity index (χ3v) is 4.47. The molecule has 0 unspecified atom stereocenters. The van der Waals surface area contributed by atoms with Gasteiger partial charge in [0.2, 0.25) is 5.71 Å². The molecule has 2 aromatic carbocycles. The first-order valence-electron chi connectivity index (χ1n) is 6.83.